The lowest BCUT2D eigenvalue weighted by Gasteiger charge is -2.34. The first-order chi connectivity index (χ1) is 14.9. The summed E-state index contributed by atoms with van der Waals surface area (Å²) < 4.78 is 1.89. The molecule has 1 N–H and O–H groups in total. The van der Waals surface area contributed by atoms with Gasteiger partial charge in [-0.15, -0.1) is 10.2 Å². The highest BCUT2D eigenvalue weighted by molar-refractivity contribution is 6.39. The Hall–Kier alpha value is -3.53. The van der Waals surface area contributed by atoms with Crippen molar-refractivity contribution in [3.63, 3.8) is 0 Å². The molecule has 1 saturated heterocycles. The van der Waals surface area contributed by atoms with Crippen LogP contribution in [0.4, 0.5) is 11.5 Å². The summed E-state index contributed by atoms with van der Waals surface area (Å²) in [5, 5.41) is 11.0. The summed E-state index contributed by atoms with van der Waals surface area (Å²) in [5.74, 6) is 0.377. The number of fused-ring (bicyclic) bond motifs is 1. The minimum absolute atomic E-state index is 0.433. The van der Waals surface area contributed by atoms with E-state index in [1.54, 1.807) is 17.2 Å². The molecule has 3 aromatic rings. The van der Waals surface area contributed by atoms with Crippen LogP contribution >= 0.6 is 0 Å². The zero-order chi connectivity index (χ0) is 22.0. The predicted octanol–water partition coefficient (Wildman–Crippen LogP) is 0.782. The van der Waals surface area contributed by atoms with E-state index in [4.69, 9.17) is 0 Å². The molecule has 2 amide bonds. The fourth-order valence-electron chi connectivity index (χ4n) is 3.71. The van der Waals surface area contributed by atoms with Crippen LogP contribution in [0.25, 0.3) is 5.65 Å². The van der Waals surface area contributed by atoms with Crippen molar-refractivity contribution in [2.75, 3.05) is 50.5 Å². The maximum atomic E-state index is 12.7. The van der Waals surface area contributed by atoms with Gasteiger partial charge in [0, 0.05) is 50.8 Å². The lowest BCUT2D eigenvalue weighted by atomic mass is 10.2. The molecule has 162 valence electrons. The molecule has 0 bridgehead atoms. The molecular formula is C21H26N8O2. The van der Waals surface area contributed by atoms with E-state index in [1.807, 2.05) is 54.7 Å². The first-order valence-electron chi connectivity index (χ1n) is 10.2. The van der Waals surface area contributed by atoms with E-state index in [1.165, 1.54) is 0 Å². The Bertz CT molecular complexity index is 1100. The summed E-state index contributed by atoms with van der Waals surface area (Å²) in [7, 11) is 3.96. The zero-order valence-corrected chi connectivity index (χ0v) is 17.9. The number of anilines is 2. The zero-order valence-electron chi connectivity index (χ0n) is 17.9. The number of hydrogen-bond donors (Lipinski definition) is 1. The van der Waals surface area contributed by atoms with Gasteiger partial charge in [-0.05, 0) is 38.7 Å². The van der Waals surface area contributed by atoms with Crippen LogP contribution in [0.1, 0.15) is 11.4 Å². The van der Waals surface area contributed by atoms with E-state index < -0.39 is 11.8 Å². The quantitative estimate of drug-likeness (QED) is 0.621. The third-order valence-electron chi connectivity index (χ3n) is 5.22. The van der Waals surface area contributed by atoms with Crippen molar-refractivity contribution in [3.05, 3.63) is 48.0 Å². The van der Waals surface area contributed by atoms with Crippen molar-refractivity contribution < 1.29 is 9.59 Å². The normalized spacial score (nSPS) is 14.3. The number of nitrogens with one attached hydrogen (secondary N) is 1. The molecule has 1 fully saturated rings. The summed E-state index contributed by atoms with van der Waals surface area (Å²) in [4.78, 5) is 35.3. The van der Waals surface area contributed by atoms with Gasteiger partial charge in [-0.25, -0.2) is 4.98 Å². The number of rotatable bonds is 4. The fourth-order valence-corrected chi connectivity index (χ4v) is 3.71. The maximum Gasteiger partial charge on any atom is 0.313 e. The van der Waals surface area contributed by atoms with Gasteiger partial charge in [0.25, 0.3) is 0 Å². The van der Waals surface area contributed by atoms with Crippen molar-refractivity contribution in [2.24, 2.45) is 0 Å². The fraction of sp³-hybridized carbons (Fsp3) is 0.381. The van der Waals surface area contributed by atoms with Gasteiger partial charge in [0.15, 0.2) is 5.82 Å². The second kappa shape index (κ2) is 8.68. The summed E-state index contributed by atoms with van der Waals surface area (Å²) in [5.41, 5.74) is 2.37. The molecule has 0 spiro atoms. The van der Waals surface area contributed by atoms with Gasteiger partial charge in [-0.3, -0.25) is 14.0 Å². The number of benzene rings is 1. The van der Waals surface area contributed by atoms with E-state index in [0.717, 1.165) is 23.8 Å². The first-order valence-corrected chi connectivity index (χ1v) is 10.2. The molecule has 0 radical (unpaired) electrons. The average molecular weight is 422 g/mol. The van der Waals surface area contributed by atoms with Gasteiger partial charge >= 0.3 is 11.8 Å². The summed E-state index contributed by atoms with van der Waals surface area (Å²) >= 11 is 0. The topological polar surface area (TPSA) is 99.0 Å². The third-order valence-corrected chi connectivity index (χ3v) is 5.22. The minimum atomic E-state index is -0.622. The highest BCUT2D eigenvalue weighted by Gasteiger charge is 2.27. The van der Waals surface area contributed by atoms with E-state index in [-0.39, 0.29) is 0 Å². The Morgan fingerprint density at radius 1 is 1.13 bits per heavy atom. The van der Waals surface area contributed by atoms with Gasteiger partial charge < -0.3 is 20.0 Å². The Balaban J connectivity index is 1.37. The van der Waals surface area contributed by atoms with Gasteiger partial charge in [0.1, 0.15) is 5.82 Å². The number of aromatic nitrogens is 4. The Morgan fingerprint density at radius 2 is 1.90 bits per heavy atom. The minimum Gasteiger partial charge on any atom is -0.350 e. The number of nitrogens with zero attached hydrogens (tertiary/aromatic N) is 7. The molecule has 10 heteroatoms. The molecule has 3 heterocycles. The predicted molar refractivity (Wildman–Crippen MR) is 117 cm³/mol. The van der Waals surface area contributed by atoms with Crippen LogP contribution in [0, 0.1) is 6.92 Å². The van der Waals surface area contributed by atoms with Crippen LogP contribution in [0.2, 0.25) is 0 Å². The van der Waals surface area contributed by atoms with Gasteiger partial charge in [-0.1, -0.05) is 12.1 Å². The molecule has 10 nitrogen and oxygen atoms in total. The highest BCUT2D eigenvalue weighted by atomic mass is 16.2. The van der Waals surface area contributed by atoms with E-state index in [2.05, 4.69) is 25.4 Å². The number of carbonyl (C=O) groups excluding carboxylic acids is 2. The molecule has 0 saturated carbocycles. The molecule has 1 aromatic carbocycles. The number of carbonyl (C=O) groups is 2. The molecule has 0 atom stereocenters. The molecule has 1 aliphatic rings. The van der Waals surface area contributed by atoms with Crippen molar-refractivity contribution in [2.45, 2.75) is 13.5 Å². The Kier molecular flexibility index (Phi) is 5.81. The second-order valence-corrected chi connectivity index (χ2v) is 7.86. The summed E-state index contributed by atoms with van der Waals surface area (Å²) in [6.07, 6.45) is 3.54. The number of hydrogen-bond acceptors (Lipinski definition) is 7. The van der Waals surface area contributed by atoms with Gasteiger partial charge in [-0.2, -0.15) is 0 Å². The van der Waals surface area contributed by atoms with E-state index in [0.29, 0.717) is 37.5 Å². The molecule has 0 unspecified atom stereocenters. The second-order valence-electron chi connectivity index (χ2n) is 7.86. The van der Waals surface area contributed by atoms with Gasteiger partial charge in [0.05, 0.1) is 0 Å². The standard InChI is InChI=1S/C21H26N8O2/c1-15-24-25-19-18(22-7-8-29(15)19)27-9-11-28(12-10-27)21(31)20(30)23-17-6-4-5-16(13-17)14-26(2)3/h4-8,13H,9-12,14H2,1-3H3,(H,23,30). The van der Waals surface area contributed by atoms with Crippen molar-refractivity contribution >= 4 is 29.0 Å². The monoisotopic (exact) mass is 422 g/mol. The van der Waals surface area contributed by atoms with Crippen LogP contribution in [0.3, 0.4) is 0 Å². The number of piperazine rings is 1. The molecule has 31 heavy (non-hydrogen) atoms. The van der Waals surface area contributed by atoms with Crippen molar-refractivity contribution in [1.29, 1.82) is 0 Å². The summed E-state index contributed by atoms with van der Waals surface area (Å²) in [6.45, 7) is 4.64. The van der Waals surface area contributed by atoms with Crippen molar-refractivity contribution in [3.8, 4) is 0 Å². The van der Waals surface area contributed by atoms with E-state index in [9.17, 15) is 9.59 Å². The van der Waals surface area contributed by atoms with Crippen LogP contribution in [0.15, 0.2) is 36.7 Å². The lowest BCUT2D eigenvalue weighted by molar-refractivity contribution is -0.143. The van der Waals surface area contributed by atoms with Crippen LogP contribution < -0.4 is 10.2 Å². The van der Waals surface area contributed by atoms with Crippen LogP contribution in [-0.2, 0) is 16.1 Å². The lowest BCUT2D eigenvalue weighted by Crippen LogP contribution is -2.52. The van der Waals surface area contributed by atoms with E-state index >= 15 is 0 Å². The molecule has 0 aliphatic carbocycles. The third kappa shape index (κ3) is 4.48. The largest absolute Gasteiger partial charge is 0.350 e. The number of aryl methyl sites for hydroxylation is 1. The summed E-state index contributed by atoms with van der Waals surface area (Å²) in [6, 6.07) is 7.53. The Morgan fingerprint density at radius 3 is 2.65 bits per heavy atom. The van der Waals surface area contributed by atoms with Crippen LogP contribution in [0.5, 0.6) is 0 Å². The van der Waals surface area contributed by atoms with Gasteiger partial charge in [0.2, 0.25) is 5.65 Å². The Labute approximate surface area is 180 Å². The SMILES string of the molecule is Cc1nnc2c(N3CCN(C(=O)C(=O)Nc4cccc(CN(C)C)c4)CC3)nccn12. The molecular weight excluding hydrogens is 396 g/mol. The highest BCUT2D eigenvalue weighted by Crippen LogP contribution is 2.19. The smallest absolute Gasteiger partial charge is 0.313 e. The maximum absolute atomic E-state index is 12.7. The number of amides is 2. The van der Waals surface area contributed by atoms with Crippen LogP contribution in [-0.4, -0.2) is 81.5 Å². The van der Waals surface area contributed by atoms with Crippen molar-refractivity contribution in [1.82, 2.24) is 29.4 Å². The molecule has 2 aromatic heterocycles. The molecule has 1 aliphatic heterocycles. The molecule has 4 rings (SSSR count). The first kappa shape index (κ1) is 20.7. The average Bonchev–Trinajstić information content (AvgIpc) is 3.14.